The first-order valence-corrected chi connectivity index (χ1v) is 12.4. The molecule has 34 heavy (non-hydrogen) atoms. The molecule has 2 aliphatic rings. The number of ether oxygens (including phenoxy) is 3. The van der Waals surface area contributed by atoms with Gasteiger partial charge in [-0.2, -0.15) is 0 Å². The fraction of sp³-hybridized carbons (Fsp3) is 0.920. The van der Waals surface area contributed by atoms with Crippen LogP contribution in [0.4, 0.5) is 0 Å². The quantitative estimate of drug-likeness (QED) is 0.506. The summed E-state index contributed by atoms with van der Waals surface area (Å²) in [7, 11) is 3.77. The van der Waals surface area contributed by atoms with Crippen LogP contribution >= 0.6 is 0 Å². The van der Waals surface area contributed by atoms with Gasteiger partial charge in [-0.25, -0.2) is 0 Å². The van der Waals surface area contributed by atoms with Crippen molar-refractivity contribution in [1.82, 2.24) is 4.90 Å². The van der Waals surface area contributed by atoms with Gasteiger partial charge < -0.3 is 34.4 Å². The number of Topliss-reactive ketones (excluding diaryl/α,β-unsaturated/α-hetero) is 1. The molecule has 0 aromatic heterocycles. The second-order valence-electron chi connectivity index (χ2n) is 11.0. The van der Waals surface area contributed by atoms with Crippen LogP contribution in [0.25, 0.3) is 0 Å². The van der Waals surface area contributed by atoms with E-state index in [4.69, 9.17) is 14.2 Å². The third-order valence-corrected chi connectivity index (χ3v) is 7.44. The highest BCUT2D eigenvalue weighted by molar-refractivity contribution is 5.80. The van der Waals surface area contributed by atoms with Crippen LogP contribution in [0.3, 0.4) is 0 Å². The molecule has 0 aliphatic carbocycles. The van der Waals surface area contributed by atoms with Gasteiger partial charge in [-0.05, 0) is 67.0 Å². The van der Waals surface area contributed by atoms with Crippen LogP contribution in [-0.2, 0) is 23.8 Å². The molecule has 2 fully saturated rings. The summed E-state index contributed by atoms with van der Waals surface area (Å²) in [5, 5.41) is 32.1. The van der Waals surface area contributed by atoms with Crippen LogP contribution in [0.5, 0.6) is 0 Å². The summed E-state index contributed by atoms with van der Waals surface area (Å²) >= 11 is 0. The Labute approximate surface area is 203 Å². The van der Waals surface area contributed by atoms with Gasteiger partial charge in [0.2, 0.25) is 0 Å². The van der Waals surface area contributed by atoms with E-state index in [1.54, 1.807) is 6.92 Å². The Hall–Kier alpha value is -1.10. The number of nitrogens with zero attached hydrogens (tertiary/aromatic N) is 1. The van der Waals surface area contributed by atoms with Crippen molar-refractivity contribution in [2.75, 3.05) is 14.1 Å². The van der Waals surface area contributed by atoms with Crippen molar-refractivity contribution < 1.29 is 39.1 Å². The summed E-state index contributed by atoms with van der Waals surface area (Å²) in [5.41, 5.74) is -1.57. The van der Waals surface area contributed by atoms with E-state index in [1.165, 1.54) is 13.8 Å². The van der Waals surface area contributed by atoms with Crippen LogP contribution in [0.15, 0.2) is 0 Å². The van der Waals surface area contributed by atoms with Gasteiger partial charge in [0.1, 0.15) is 17.5 Å². The lowest BCUT2D eigenvalue weighted by Gasteiger charge is -2.44. The van der Waals surface area contributed by atoms with Crippen molar-refractivity contribution in [3.8, 4) is 0 Å². The molecule has 2 heterocycles. The Balaban J connectivity index is 2.37. The number of ketones is 1. The molecule has 2 saturated heterocycles. The van der Waals surface area contributed by atoms with Crippen LogP contribution in [-0.4, -0.2) is 94.5 Å². The monoisotopic (exact) mass is 487 g/mol. The van der Waals surface area contributed by atoms with E-state index in [0.717, 1.165) is 0 Å². The van der Waals surface area contributed by atoms with Gasteiger partial charge in [0.05, 0.1) is 24.2 Å². The molecule has 0 aromatic rings. The van der Waals surface area contributed by atoms with Crippen LogP contribution in [0.1, 0.15) is 67.2 Å². The SMILES string of the molecule is C[C@@H]1C[C@H](N(C)C)[C@@H](O)[C@H](O[C@H]2[C@@H](C)C[C@@H](C)C(=O)CC[C@](C)(O)[C@@H]([C@@H](C)O)OC(=O)[C@@H]2C)O1. The maximum atomic E-state index is 13.2. The van der Waals surface area contributed by atoms with E-state index < -0.39 is 48.2 Å². The Bertz CT molecular complexity index is 696. The van der Waals surface area contributed by atoms with Gasteiger partial charge in [0.25, 0.3) is 0 Å². The highest BCUT2D eigenvalue weighted by Crippen LogP contribution is 2.33. The maximum absolute atomic E-state index is 13.2. The van der Waals surface area contributed by atoms with E-state index >= 15 is 0 Å². The molecule has 0 radical (unpaired) electrons. The number of aliphatic hydroxyl groups is 3. The number of cyclic esters (lactones) is 1. The van der Waals surface area contributed by atoms with E-state index in [-0.39, 0.29) is 42.6 Å². The standard InChI is InChI=1S/C25H45NO8/c1-13-11-14(2)21(33-24-20(29)18(26(7)8)12-15(3)32-24)16(4)23(30)34-22(17(5)27)25(6,31)10-9-19(13)28/h13-18,20-22,24,27,29,31H,9-12H2,1-8H3/t13-,14+,15-,16-,17-,18+,20-,21+,22-,24+,25+/m1/s1. The number of aliphatic hydroxyl groups excluding tert-OH is 2. The van der Waals surface area contributed by atoms with Gasteiger partial charge >= 0.3 is 5.97 Å². The predicted molar refractivity (Wildman–Crippen MR) is 126 cm³/mol. The number of esters is 1. The van der Waals surface area contributed by atoms with Crippen molar-refractivity contribution in [2.45, 2.75) is 116 Å². The lowest BCUT2D eigenvalue weighted by molar-refractivity contribution is -0.279. The molecule has 198 valence electrons. The average Bonchev–Trinajstić information content (AvgIpc) is 2.73. The summed E-state index contributed by atoms with van der Waals surface area (Å²) < 4.78 is 17.8. The molecule has 0 saturated carbocycles. The smallest absolute Gasteiger partial charge is 0.311 e. The average molecular weight is 488 g/mol. The van der Waals surface area contributed by atoms with Gasteiger partial charge in [-0.3, -0.25) is 9.59 Å². The second kappa shape index (κ2) is 11.8. The Morgan fingerprint density at radius 1 is 1.15 bits per heavy atom. The summed E-state index contributed by atoms with van der Waals surface area (Å²) in [6.45, 7) is 10.2. The molecule has 0 aromatic carbocycles. The fourth-order valence-corrected chi connectivity index (χ4v) is 5.25. The largest absolute Gasteiger partial charge is 0.456 e. The number of hydrogen-bond acceptors (Lipinski definition) is 9. The van der Waals surface area contributed by atoms with Crippen molar-refractivity contribution in [3.05, 3.63) is 0 Å². The number of hydrogen-bond donors (Lipinski definition) is 3. The molecular weight excluding hydrogens is 442 g/mol. The first kappa shape index (κ1) is 29.1. The lowest BCUT2D eigenvalue weighted by atomic mass is 9.81. The fourth-order valence-electron chi connectivity index (χ4n) is 5.25. The summed E-state index contributed by atoms with van der Waals surface area (Å²) in [6.07, 6.45) is -3.78. The van der Waals surface area contributed by atoms with E-state index in [1.807, 2.05) is 39.8 Å². The minimum absolute atomic E-state index is 0.00924. The number of rotatable bonds is 4. The Morgan fingerprint density at radius 3 is 2.32 bits per heavy atom. The maximum Gasteiger partial charge on any atom is 0.311 e. The molecule has 9 heteroatoms. The molecule has 0 unspecified atom stereocenters. The summed E-state index contributed by atoms with van der Waals surface area (Å²) in [4.78, 5) is 27.9. The minimum Gasteiger partial charge on any atom is -0.456 e. The van der Waals surface area contributed by atoms with Gasteiger partial charge in [-0.15, -0.1) is 0 Å². The Kier molecular flexibility index (Phi) is 10.1. The van der Waals surface area contributed by atoms with Crippen LogP contribution < -0.4 is 0 Å². The molecule has 11 atom stereocenters. The number of carbonyl (C=O) groups excluding carboxylic acids is 2. The molecule has 0 bridgehead atoms. The third-order valence-electron chi connectivity index (χ3n) is 7.44. The molecule has 3 N–H and O–H groups in total. The minimum atomic E-state index is -1.57. The van der Waals surface area contributed by atoms with Gasteiger partial charge in [-0.1, -0.05) is 13.8 Å². The molecule has 2 rings (SSSR count). The molecule has 0 amide bonds. The second-order valence-corrected chi connectivity index (χ2v) is 11.0. The van der Waals surface area contributed by atoms with E-state index in [2.05, 4.69) is 0 Å². The highest BCUT2D eigenvalue weighted by atomic mass is 16.7. The zero-order valence-electron chi connectivity index (χ0n) is 21.9. The van der Waals surface area contributed by atoms with Crippen molar-refractivity contribution in [2.24, 2.45) is 17.8 Å². The van der Waals surface area contributed by atoms with Crippen molar-refractivity contribution >= 4 is 11.8 Å². The summed E-state index contributed by atoms with van der Waals surface area (Å²) in [5.74, 6) is -1.96. The zero-order chi connectivity index (χ0) is 26.0. The Morgan fingerprint density at radius 2 is 1.76 bits per heavy atom. The van der Waals surface area contributed by atoms with Crippen LogP contribution in [0, 0.1) is 17.8 Å². The third kappa shape index (κ3) is 6.98. The highest BCUT2D eigenvalue weighted by Gasteiger charge is 2.45. The molecular formula is C25H45NO8. The predicted octanol–water partition coefficient (Wildman–Crippen LogP) is 1.50. The summed E-state index contributed by atoms with van der Waals surface area (Å²) in [6, 6.07) is -0.173. The van der Waals surface area contributed by atoms with E-state index in [0.29, 0.717) is 12.8 Å². The van der Waals surface area contributed by atoms with Crippen molar-refractivity contribution in [3.63, 3.8) is 0 Å². The molecule has 2 aliphatic heterocycles. The topological polar surface area (TPSA) is 126 Å². The van der Waals surface area contributed by atoms with Gasteiger partial charge in [0, 0.05) is 18.4 Å². The van der Waals surface area contributed by atoms with Crippen molar-refractivity contribution in [1.29, 1.82) is 0 Å². The van der Waals surface area contributed by atoms with Gasteiger partial charge in [0.15, 0.2) is 12.4 Å². The zero-order valence-corrected chi connectivity index (χ0v) is 21.9. The lowest BCUT2D eigenvalue weighted by Crippen LogP contribution is -2.56. The normalized spacial score (nSPS) is 44.2. The number of carbonyl (C=O) groups is 2. The van der Waals surface area contributed by atoms with Crippen LogP contribution in [0.2, 0.25) is 0 Å². The van der Waals surface area contributed by atoms with E-state index in [9.17, 15) is 24.9 Å². The molecule has 9 nitrogen and oxygen atoms in total. The first-order valence-electron chi connectivity index (χ1n) is 12.4. The number of likely N-dealkylation sites (N-methyl/N-ethyl adjacent to an activating group) is 1. The molecule has 0 spiro atoms. The first-order chi connectivity index (χ1) is 15.7.